The van der Waals surface area contributed by atoms with Crippen molar-refractivity contribution < 1.29 is 14.2 Å². The Morgan fingerprint density at radius 2 is 1.72 bits per heavy atom. The fourth-order valence-corrected chi connectivity index (χ4v) is 7.33. The van der Waals surface area contributed by atoms with Crippen molar-refractivity contribution in [1.82, 2.24) is 39.9 Å². The fourth-order valence-electron chi connectivity index (χ4n) is 7.17. The first-order chi connectivity index (χ1) is 24.5. The van der Waals surface area contributed by atoms with E-state index in [1.54, 1.807) is 36.9 Å². The van der Waals surface area contributed by atoms with Crippen LogP contribution in [0.25, 0.3) is 11.1 Å². The van der Waals surface area contributed by atoms with Gasteiger partial charge in [-0.2, -0.15) is 0 Å². The molecule has 5 heterocycles. The summed E-state index contributed by atoms with van der Waals surface area (Å²) in [6.07, 6.45) is 18.0. The number of aromatic nitrogens is 6. The van der Waals surface area contributed by atoms with E-state index in [0.29, 0.717) is 58.8 Å². The van der Waals surface area contributed by atoms with Crippen LogP contribution in [0.15, 0.2) is 60.2 Å². The van der Waals surface area contributed by atoms with Gasteiger partial charge in [-0.25, -0.2) is 24.9 Å². The smallest absolute Gasteiger partial charge is 0.257 e. The van der Waals surface area contributed by atoms with Crippen LogP contribution in [-0.2, 0) is 11.3 Å². The van der Waals surface area contributed by atoms with Crippen LogP contribution in [-0.4, -0.2) is 91.3 Å². The van der Waals surface area contributed by atoms with E-state index in [-0.39, 0.29) is 18.8 Å². The van der Waals surface area contributed by atoms with Gasteiger partial charge >= 0.3 is 0 Å². The van der Waals surface area contributed by atoms with Crippen molar-refractivity contribution in [2.45, 2.75) is 82.3 Å². The molecule has 14 nitrogen and oxygen atoms in total. The molecule has 262 valence electrons. The van der Waals surface area contributed by atoms with Gasteiger partial charge in [0.1, 0.15) is 30.5 Å². The van der Waals surface area contributed by atoms with Crippen LogP contribution in [0.3, 0.4) is 0 Å². The average molecular weight is 700 g/mol. The van der Waals surface area contributed by atoms with Crippen molar-refractivity contribution in [2.24, 2.45) is 4.99 Å². The Morgan fingerprint density at radius 3 is 2.46 bits per heavy atom. The van der Waals surface area contributed by atoms with E-state index in [4.69, 9.17) is 36.3 Å². The van der Waals surface area contributed by atoms with Crippen LogP contribution in [0.2, 0.25) is 5.02 Å². The molecule has 0 unspecified atom stereocenters. The SMILES string of the molecule is C[C@@H](CN/C=N\C=N)Oc1cc(-c2cnc(Nc3cn([C@H]4CC[C@H](N5[C@@H]6CC[C@H]5COC6)CC4)nc3OCc3ncccn3)nc2)ccc1Cl. The van der Waals surface area contributed by atoms with Crippen molar-refractivity contribution in [1.29, 1.82) is 5.41 Å². The van der Waals surface area contributed by atoms with Gasteiger partial charge in [0.05, 0.1) is 43.4 Å². The molecule has 2 saturated heterocycles. The van der Waals surface area contributed by atoms with Crippen LogP contribution in [0, 0.1) is 5.41 Å². The Hall–Kier alpha value is -4.66. The van der Waals surface area contributed by atoms with E-state index in [9.17, 15) is 0 Å². The maximum absolute atomic E-state index is 6.97. The summed E-state index contributed by atoms with van der Waals surface area (Å²) in [5.41, 5.74) is 2.35. The first kappa shape index (κ1) is 33.8. The number of benzene rings is 1. The highest BCUT2D eigenvalue weighted by Crippen LogP contribution is 2.39. The molecule has 0 amide bonds. The number of aliphatic imine (C=N–C) groups is 1. The van der Waals surface area contributed by atoms with Gasteiger partial charge in [-0.3, -0.25) is 15.0 Å². The van der Waals surface area contributed by atoms with E-state index in [1.807, 2.05) is 29.9 Å². The average Bonchev–Trinajstić information content (AvgIpc) is 3.66. The highest BCUT2D eigenvalue weighted by Gasteiger charge is 2.42. The fraction of sp³-hybridized carbons (Fsp3) is 0.457. The number of hydrogen-bond donors (Lipinski definition) is 3. The summed E-state index contributed by atoms with van der Waals surface area (Å²) >= 11 is 6.44. The maximum Gasteiger partial charge on any atom is 0.257 e. The Morgan fingerprint density at radius 1 is 1.00 bits per heavy atom. The van der Waals surface area contributed by atoms with Crippen LogP contribution < -0.4 is 20.1 Å². The molecule has 4 aromatic rings. The van der Waals surface area contributed by atoms with Gasteiger partial charge in [-0.1, -0.05) is 17.7 Å². The quantitative estimate of drug-likeness (QED) is 0.113. The lowest BCUT2D eigenvalue weighted by Gasteiger charge is -2.43. The zero-order valence-corrected chi connectivity index (χ0v) is 28.7. The Bertz CT molecular complexity index is 1730. The van der Waals surface area contributed by atoms with Gasteiger partial charge in [-0.05, 0) is 69.2 Å². The van der Waals surface area contributed by atoms with E-state index in [1.165, 1.54) is 19.2 Å². The predicted octanol–water partition coefficient (Wildman–Crippen LogP) is 5.45. The second kappa shape index (κ2) is 15.9. The summed E-state index contributed by atoms with van der Waals surface area (Å²) in [6, 6.07) is 9.39. The maximum atomic E-state index is 6.97. The molecule has 3 atom stereocenters. The van der Waals surface area contributed by atoms with E-state index in [0.717, 1.165) is 56.4 Å². The minimum Gasteiger partial charge on any atom is -0.487 e. The number of morpholine rings is 1. The molecule has 1 saturated carbocycles. The summed E-state index contributed by atoms with van der Waals surface area (Å²) in [6.45, 7) is 4.35. The lowest BCUT2D eigenvalue weighted by molar-refractivity contribution is -0.0458. The Kier molecular flexibility index (Phi) is 10.8. The molecule has 0 radical (unpaired) electrons. The minimum absolute atomic E-state index is 0.186. The number of anilines is 2. The normalized spacial score (nSPS) is 22.7. The summed E-state index contributed by atoms with van der Waals surface area (Å²) in [4.78, 5) is 24.3. The largest absolute Gasteiger partial charge is 0.487 e. The molecule has 50 heavy (non-hydrogen) atoms. The van der Waals surface area contributed by atoms with Crippen molar-refractivity contribution in [2.75, 3.05) is 25.1 Å². The molecule has 15 heteroatoms. The predicted molar refractivity (Wildman–Crippen MR) is 190 cm³/mol. The molecular formula is C35H42ClN11O3. The van der Waals surface area contributed by atoms with Crippen LogP contribution in [0.5, 0.6) is 11.6 Å². The summed E-state index contributed by atoms with van der Waals surface area (Å²) in [5.74, 6) is 1.98. The van der Waals surface area contributed by atoms with Gasteiger partial charge < -0.3 is 24.8 Å². The first-order valence-corrected chi connectivity index (χ1v) is 17.5. The number of nitrogens with one attached hydrogen (secondary N) is 3. The summed E-state index contributed by atoms with van der Waals surface area (Å²) in [5, 5.41) is 18.7. The molecular weight excluding hydrogens is 658 g/mol. The highest BCUT2D eigenvalue weighted by atomic mass is 35.5. The standard InChI is InChI=1S/C35H42ClN11O3/c1-23(14-38-22-39-21-37)50-32-13-24(3-10-30(32)36)25-15-42-35(43-16-25)44-31-17-46(45-34(31)49-20-33-40-11-2-12-41-33)26-4-6-27(7-5-26)47-28-8-9-29(47)19-48-18-28/h2-3,10-13,15-17,21-23,26-29H,4-9,14,18-20H2,1H3,(H2,37,38,39)(H,42,43,44)/t23-,26-,27-,28-,29+/m0/s1. The van der Waals surface area contributed by atoms with Crippen molar-refractivity contribution in [3.63, 3.8) is 0 Å². The Balaban J connectivity index is 1.03. The number of hydrogen-bond acceptors (Lipinski definition) is 11. The van der Waals surface area contributed by atoms with Crippen LogP contribution >= 0.6 is 11.6 Å². The van der Waals surface area contributed by atoms with Crippen LogP contribution in [0.1, 0.15) is 57.3 Å². The molecule has 3 fully saturated rings. The number of fused-ring (bicyclic) bond motifs is 2. The van der Waals surface area contributed by atoms with Gasteiger partial charge in [0, 0.05) is 48.5 Å². The van der Waals surface area contributed by atoms with Gasteiger partial charge in [-0.15, -0.1) is 5.10 Å². The zero-order chi connectivity index (χ0) is 34.3. The summed E-state index contributed by atoms with van der Waals surface area (Å²) in [7, 11) is 0. The zero-order valence-electron chi connectivity index (χ0n) is 28.0. The third-order valence-corrected chi connectivity index (χ3v) is 9.86. The molecule has 3 aromatic heterocycles. The van der Waals surface area contributed by atoms with Crippen molar-refractivity contribution >= 4 is 35.9 Å². The van der Waals surface area contributed by atoms with Gasteiger partial charge in [0.15, 0.2) is 5.82 Å². The summed E-state index contributed by atoms with van der Waals surface area (Å²) < 4.78 is 20.1. The first-order valence-electron chi connectivity index (χ1n) is 17.2. The topological polar surface area (TPSA) is 161 Å². The van der Waals surface area contributed by atoms with E-state index >= 15 is 0 Å². The second-order valence-electron chi connectivity index (χ2n) is 12.9. The minimum atomic E-state index is -0.191. The van der Waals surface area contributed by atoms with E-state index in [2.05, 4.69) is 40.5 Å². The molecule has 1 aliphatic carbocycles. The lowest BCUT2D eigenvalue weighted by atomic mass is 9.89. The molecule has 1 aromatic carbocycles. The second-order valence-corrected chi connectivity index (χ2v) is 13.3. The molecule has 2 aliphatic heterocycles. The number of nitrogens with zero attached hydrogens (tertiary/aromatic N) is 8. The number of halogens is 1. The van der Waals surface area contributed by atoms with Gasteiger partial charge in [0.2, 0.25) is 5.95 Å². The van der Waals surface area contributed by atoms with Crippen molar-refractivity contribution in [3.05, 3.63) is 66.1 Å². The third kappa shape index (κ3) is 8.03. The molecule has 0 spiro atoms. The molecule has 3 N–H and O–H groups in total. The number of rotatable bonds is 14. The molecule has 3 aliphatic rings. The van der Waals surface area contributed by atoms with Crippen LogP contribution in [0.4, 0.5) is 11.6 Å². The van der Waals surface area contributed by atoms with Gasteiger partial charge in [0.25, 0.3) is 5.88 Å². The molecule has 7 rings (SSSR count). The van der Waals surface area contributed by atoms with E-state index < -0.39 is 0 Å². The molecule has 2 bridgehead atoms. The van der Waals surface area contributed by atoms with Crippen molar-refractivity contribution in [3.8, 4) is 22.8 Å². The number of ether oxygens (including phenoxy) is 3. The Labute approximate surface area is 296 Å². The highest BCUT2D eigenvalue weighted by molar-refractivity contribution is 6.32. The monoisotopic (exact) mass is 699 g/mol. The third-order valence-electron chi connectivity index (χ3n) is 9.55. The lowest BCUT2D eigenvalue weighted by Crippen LogP contribution is -2.52.